The highest BCUT2D eigenvalue weighted by Crippen LogP contribution is 2.57. The van der Waals surface area contributed by atoms with Crippen molar-refractivity contribution in [3.05, 3.63) is 410 Å². The van der Waals surface area contributed by atoms with Crippen molar-refractivity contribution < 1.29 is 13.3 Å². The van der Waals surface area contributed by atoms with Crippen LogP contribution in [0.3, 0.4) is 0 Å². The summed E-state index contributed by atoms with van der Waals surface area (Å²) in [5.41, 5.74) is 33.3. The maximum Gasteiger partial charge on any atom is 0.168 e. The van der Waals surface area contributed by atoms with E-state index in [9.17, 15) is 0 Å². The normalized spacial score (nSPS) is 13.5. The zero-order chi connectivity index (χ0) is 84.4. The third-order valence-corrected chi connectivity index (χ3v) is 26.9. The molecule has 3 aliphatic rings. The number of para-hydroxylation sites is 3. The Morgan fingerprint density at radius 1 is 0.317 bits per heavy atom. The Morgan fingerprint density at radius 3 is 1.52 bits per heavy atom. The number of benzene rings is 17. The monoisotopic (exact) mass is 1620 g/mol. The first-order valence-electron chi connectivity index (χ1n) is 43.1. The van der Waals surface area contributed by atoms with Gasteiger partial charge < -0.3 is 13.3 Å². The lowest BCUT2D eigenvalue weighted by atomic mass is 9.78. The van der Waals surface area contributed by atoms with Gasteiger partial charge in [0.1, 0.15) is 27.9 Å². The molecule has 26 rings (SSSR count). The molecule has 0 saturated carbocycles. The highest BCUT2D eigenvalue weighted by molar-refractivity contribution is 6.14. The minimum absolute atomic E-state index is 0.145. The summed E-state index contributed by atoms with van der Waals surface area (Å²) >= 11 is 0. The molecule has 598 valence electrons. The van der Waals surface area contributed by atoms with E-state index >= 15 is 0 Å². The summed E-state index contributed by atoms with van der Waals surface area (Å²) in [5.74, 6) is 2.37. The summed E-state index contributed by atoms with van der Waals surface area (Å²) in [4.78, 5) is 10.5. The van der Waals surface area contributed by atoms with Crippen LogP contribution in [0, 0.1) is 0 Å². The van der Waals surface area contributed by atoms with Gasteiger partial charge in [-0.05, 0) is 196 Å². The van der Waals surface area contributed by atoms with E-state index in [1.807, 2.05) is 66.9 Å². The SMILES string of the molecule is C=Cc1coc2cc3c(cc12)C(C)(C)c1c(-c2cccc(-c4nc(-c5ccccc5)c5ccc6ccccc6c5n4)c2)cccc1-3.CC1(C)c2cc(-c3ccnn3-c3cc4ccccc4c4ccccc34)ccc2-c2cc3oc4ccccc4c3cc21.CC1(C)c2cc(-c3nnc(-c4ccccc4)n3-c3ccccc3)ccc2-c2cc3oc4ccccc4c3cc21. The fourth-order valence-electron chi connectivity index (χ4n) is 20.6. The van der Waals surface area contributed by atoms with Crippen molar-refractivity contribution in [2.24, 2.45) is 0 Å². The largest absolute Gasteiger partial charge is 0.464 e. The zero-order valence-electron chi connectivity index (χ0n) is 70.3. The van der Waals surface area contributed by atoms with E-state index in [1.54, 1.807) is 6.26 Å². The predicted octanol–water partition coefficient (Wildman–Crippen LogP) is 30.3. The Hall–Kier alpha value is -15.9. The maximum atomic E-state index is 6.26. The number of hydrogen-bond donors (Lipinski definition) is 0. The summed E-state index contributed by atoms with van der Waals surface area (Å²) in [5, 5.41) is 28.3. The van der Waals surface area contributed by atoms with E-state index in [1.165, 1.54) is 115 Å². The van der Waals surface area contributed by atoms with Crippen molar-refractivity contribution >= 4 is 104 Å². The minimum Gasteiger partial charge on any atom is -0.464 e. The molecule has 0 atom stereocenters. The third-order valence-electron chi connectivity index (χ3n) is 26.9. The number of hydrogen-bond acceptors (Lipinski definition) is 8. The van der Waals surface area contributed by atoms with Crippen molar-refractivity contribution in [3.63, 3.8) is 0 Å². The summed E-state index contributed by atoms with van der Waals surface area (Å²) in [6.07, 6.45) is 5.57. The number of nitrogens with zero attached hydrogens (tertiary/aromatic N) is 7. The molecule has 23 aromatic rings. The average Bonchev–Trinajstić information content (AvgIpc) is 1.56. The molecule has 3 aliphatic carbocycles. The van der Waals surface area contributed by atoms with Crippen LogP contribution >= 0.6 is 0 Å². The predicted molar refractivity (Wildman–Crippen MR) is 517 cm³/mol. The number of furan rings is 3. The van der Waals surface area contributed by atoms with Crippen LogP contribution in [-0.4, -0.2) is 34.5 Å². The van der Waals surface area contributed by atoms with E-state index in [-0.39, 0.29) is 16.2 Å². The Labute approximate surface area is 727 Å². The summed E-state index contributed by atoms with van der Waals surface area (Å²) < 4.78 is 22.7. The molecule has 6 aromatic heterocycles. The van der Waals surface area contributed by atoms with Gasteiger partial charge in [0.2, 0.25) is 0 Å². The fraction of sp³-hybridized carbons (Fsp3) is 0.0776. The molecule has 126 heavy (non-hydrogen) atoms. The van der Waals surface area contributed by atoms with Gasteiger partial charge >= 0.3 is 0 Å². The van der Waals surface area contributed by atoms with Gasteiger partial charge in [0.15, 0.2) is 17.5 Å². The second-order valence-corrected chi connectivity index (χ2v) is 35.1. The fourth-order valence-corrected chi connectivity index (χ4v) is 20.6. The van der Waals surface area contributed by atoms with E-state index in [2.05, 4.69) is 360 Å². The van der Waals surface area contributed by atoms with E-state index in [0.29, 0.717) is 0 Å². The molecule has 17 aromatic carbocycles. The Morgan fingerprint density at radius 2 is 0.833 bits per heavy atom. The van der Waals surface area contributed by atoms with Gasteiger partial charge in [-0.3, -0.25) is 4.57 Å². The van der Waals surface area contributed by atoms with Crippen molar-refractivity contribution in [2.75, 3.05) is 0 Å². The number of fused-ring (bicyclic) bond motifs is 22. The molecule has 6 heterocycles. The van der Waals surface area contributed by atoms with Crippen molar-refractivity contribution in [3.8, 4) is 113 Å². The Balaban J connectivity index is 0.000000106. The van der Waals surface area contributed by atoms with Crippen LogP contribution in [0.2, 0.25) is 0 Å². The molecule has 0 saturated heterocycles. The second-order valence-electron chi connectivity index (χ2n) is 35.1. The van der Waals surface area contributed by atoms with Crippen LogP contribution in [0.1, 0.15) is 80.5 Å². The molecule has 10 nitrogen and oxygen atoms in total. The maximum absolute atomic E-state index is 6.26. The first-order chi connectivity index (χ1) is 61.7. The van der Waals surface area contributed by atoms with Gasteiger partial charge in [0.05, 0.1) is 35.1 Å². The molecule has 0 N–H and O–H groups in total. The molecule has 10 heteroatoms. The van der Waals surface area contributed by atoms with Crippen LogP contribution in [0.4, 0.5) is 0 Å². The van der Waals surface area contributed by atoms with Crippen LogP contribution < -0.4 is 0 Å². The van der Waals surface area contributed by atoms with Gasteiger partial charge in [0, 0.05) is 98.4 Å². The van der Waals surface area contributed by atoms with Gasteiger partial charge in [-0.15, -0.1) is 10.2 Å². The van der Waals surface area contributed by atoms with Crippen molar-refractivity contribution in [1.82, 2.24) is 34.5 Å². The first kappa shape index (κ1) is 74.0. The Bertz CT molecular complexity index is 8470. The van der Waals surface area contributed by atoms with Gasteiger partial charge in [-0.25, -0.2) is 14.6 Å². The molecule has 0 radical (unpaired) electrons. The quantitative estimate of drug-likeness (QED) is 0.131. The molecule has 0 amide bonds. The first-order valence-corrected chi connectivity index (χ1v) is 43.1. The lowest BCUT2D eigenvalue weighted by Gasteiger charge is -2.25. The van der Waals surface area contributed by atoms with Crippen LogP contribution in [-0.2, 0) is 16.2 Å². The van der Waals surface area contributed by atoms with Gasteiger partial charge in [-0.2, -0.15) is 5.10 Å². The summed E-state index contributed by atoms with van der Waals surface area (Å²) in [6.45, 7) is 17.9. The highest BCUT2D eigenvalue weighted by Gasteiger charge is 2.41. The summed E-state index contributed by atoms with van der Waals surface area (Å²) in [6, 6.07) is 125. The summed E-state index contributed by atoms with van der Waals surface area (Å²) in [7, 11) is 0. The topological polar surface area (TPSA) is 114 Å². The molecular weight excluding hydrogens is 1540 g/mol. The second kappa shape index (κ2) is 28.3. The minimum atomic E-state index is -0.208. The van der Waals surface area contributed by atoms with Crippen molar-refractivity contribution in [1.29, 1.82) is 0 Å². The molecule has 0 bridgehead atoms. The molecule has 0 fully saturated rings. The van der Waals surface area contributed by atoms with Gasteiger partial charge in [0.25, 0.3) is 0 Å². The molecule has 0 aliphatic heterocycles. The van der Waals surface area contributed by atoms with E-state index in [0.717, 1.165) is 134 Å². The smallest absolute Gasteiger partial charge is 0.168 e. The molecular formula is C116H81N7O3. The van der Waals surface area contributed by atoms with Gasteiger partial charge in [-0.1, -0.05) is 309 Å². The standard InChI is InChI=1S/C43H30N2O.C38H26N2O.C35H25N3O/c1-4-26-25-46-38-24-36-33-19-11-18-31(39(33)43(2,3)37(36)23-35(26)38)29-15-10-16-30(22-29)42-44-40(28-13-6-5-7-14-28)34-21-20-27-12-8-9-17-32(27)41(34)45-42;1-38(2)32-19-24(15-16-27(32)30-22-37-31(21-33(30)38)29-13-7-8-14-36(29)41-37)34-17-18-39-40(34)35-20-23-9-3-4-10-25(23)26-11-5-6-12-28(26)35;1-35(2)29-19-23(34-37-36-33(22-11-5-3-6-12-22)38(34)24-13-7-4-8-14-24)17-18-25(29)27-21-32-28(20-30(27)35)26-15-9-10-16-31(26)39-32/h4-25H,1H2,2-3H3;3-22H,1-2H3;3-21H,1-2H3. The van der Waals surface area contributed by atoms with Crippen LogP contribution in [0.5, 0.6) is 0 Å². The molecule has 0 spiro atoms. The lowest BCUT2D eigenvalue weighted by Crippen LogP contribution is -2.16. The average molecular weight is 1620 g/mol. The number of rotatable bonds is 9. The van der Waals surface area contributed by atoms with Crippen molar-refractivity contribution in [2.45, 2.75) is 57.8 Å². The lowest BCUT2D eigenvalue weighted by molar-refractivity contribution is 0.614. The molecule has 0 unspecified atom stereocenters. The van der Waals surface area contributed by atoms with E-state index in [4.69, 9.17) is 33.4 Å². The number of aromatic nitrogens is 7. The van der Waals surface area contributed by atoms with E-state index < -0.39 is 0 Å². The zero-order valence-corrected chi connectivity index (χ0v) is 70.3. The Kier molecular flexibility index (Phi) is 16.6. The highest BCUT2D eigenvalue weighted by atomic mass is 16.3. The van der Waals surface area contributed by atoms with Crippen LogP contribution in [0.25, 0.3) is 217 Å². The third kappa shape index (κ3) is 11.5. The van der Waals surface area contributed by atoms with Crippen LogP contribution in [0.15, 0.2) is 384 Å².